The number of ether oxygens (including phenoxy) is 1. The van der Waals surface area contributed by atoms with Gasteiger partial charge in [-0.1, -0.05) is 18.2 Å². The van der Waals surface area contributed by atoms with Crippen molar-refractivity contribution in [3.05, 3.63) is 62.9 Å². The molecule has 2 aliphatic heterocycles. The van der Waals surface area contributed by atoms with Crippen LogP contribution in [0.2, 0.25) is 0 Å². The van der Waals surface area contributed by atoms with Crippen molar-refractivity contribution in [2.24, 2.45) is 0 Å². The summed E-state index contributed by atoms with van der Waals surface area (Å²) in [6.45, 7) is 1.20. The fraction of sp³-hybridized carbons (Fsp3) is 0.286. The molecule has 0 saturated carbocycles. The molecule has 0 amide bonds. The zero-order chi connectivity index (χ0) is 19.6. The third kappa shape index (κ3) is 2.08. The van der Waals surface area contributed by atoms with Crippen LogP contribution in [0.3, 0.4) is 0 Å². The quantitative estimate of drug-likeness (QED) is 0.540. The van der Waals surface area contributed by atoms with Crippen LogP contribution in [0.15, 0.2) is 35.1 Å². The van der Waals surface area contributed by atoms with E-state index in [1.165, 1.54) is 0 Å². The van der Waals surface area contributed by atoms with Crippen LogP contribution in [-0.2, 0) is 28.3 Å². The van der Waals surface area contributed by atoms with Gasteiger partial charge in [0, 0.05) is 22.9 Å². The second-order valence-electron chi connectivity index (χ2n) is 7.27. The minimum Gasteiger partial charge on any atom is -0.458 e. The van der Waals surface area contributed by atoms with Crippen molar-refractivity contribution in [2.75, 3.05) is 6.67 Å². The Morgan fingerprint density at radius 3 is 2.86 bits per heavy atom. The Hall–Kier alpha value is -3.06. The Morgan fingerprint density at radius 1 is 1.29 bits per heavy atom. The van der Waals surface area contributed by atoms with Crippen LogP contribution in [-0.4, -0.2) is 27.3 Å². The van der Waals surface area contributed by atoms with Crippen molar-refractivity contribution in [1.29, 1.82) is 0 Å². The second kappa shape index (κ2) is 5.72. The van der Waals surface area contributed by atoms with E-state index in [0.29, 0.717) is 17.9 Å². The summed E-state index contributed by atoms with van der Waals surface area (Å²) in [6.07, 6.45) is -0.460. The Labute approximate surface area is 159 Å². The van der Waals surface area contributed by atoms with Gasteiger partial charge >= 0.3 is 5.97 Å². The molecule has 1 unspecified atom stereocenters. The van der Waals surface area contributed by atoms with Gasteiger partial charge in [-0.2, -0.15) is 0 Å². The molecule has 3 aromatic rings. The van der Waals surface area contributed by atoms with E-state index in [0.717, 1.165) is 22.0 Å². The molecule has 7 heteroatoms. The fourth-order valence-corrected chi connectivity index (χ4v) is 4.27. The van der Waals surface area contributed by atoms with Gasteiger partial charge in [0.15, 0.2) is 5.60 Å². The van der Waals surface area contributed by atoms with Gasteiger partial charge < -0.3 is 14.4 Å². The molecule has 0 radical (unpaired) electrons. The maximum absolute atomic E-state index is 13.1. The predicted molar refractivity (Wildman–Crippen MR) is 99.6 cm³/mol. The summed E-state index contributed by atoms with van der Waals surface area (Å²) in [7, 11) is 0. The van der Waals surface area contributed by atoms with Crippen molar-refractivity contribution in [3.8, 4) is 11.4 Å². The number of halogens is 1. The third-order valence-corrected chi connectivity index (χ3v) is 5.83. The molecule has 2 aromatic heterocycles. The number of pyridine rings is 2. The van der Waals surface area contributed by atoms with Crippen molar-refractivity contribution in [3.63, 3.8) is 0 Å². The Balaban J connectivity index is 1.81. The summed E-state index contributed by atoms with van der Waals surface area (Å²) in [4.78, 5) is 30.0. The van der Waals surface area contributed by atoms with E-state index in [4.69, 9.17) is 9.72 Å². The number of nitrogens with zero attached hydrogens (tertiary/aromatic N) is 2. The SMILES string of the molecule is Cc1c2c(nc3ccccc13)-c1cc3c(c(=O)n1C2)COC(=O)C3(O)CCF. The molecule has 142 valence electrons. The number of benzene rings is 1. The van der Waals surface area contributed by atoms with E-state index >= 15 is 0 Å². The number of carbonyl (C=O) groups excluding carboxylic acids is 1. The standard InChI is InChI=1S/C21H17FN2O4/c1-11-12-4-2-3-5-16(12)23-18-13(11)9-24-17(18)8-15-14(19(24)25)10-28-20(26)21(15,27)6-7-22/h2-5,8,27H,6-7,9-10H2,1H3. The highest BCUT2D eigenvalue weighted by molar-refractivity contribution is 5.88. The summed E-state index contributed by atoms with van der Waals surface area (Å²) in [6, 6.07) is 9.32. The van der Waals surface area contributed by atoms with Crippen LogP contribution in [0.4, 0.5) is 4.39 Å². The molecule has 5 rings (SSSR count). The van der Waals surface area contributed by atoms with Crippen LogP contribution in [0.5, 0.6) is 0 Å². The van der Waals surface area contributed by atoms with Gasteiger partial charge in [0.2, 0.25) is 0 Å². The summed E-state index contributed by atoms with van der Waals surface area (Å²) in [5, 5.41) is 11.9. The lowest BCUT2D eigenvalue weighted by molar-refractivity contribution is -0.173. The minimum atomic E-state index is -2.16. The largest absolute Gasteiger partial charge is 0.458 e. The average Bonchev–Trinajstić information content (AvgIpc) is 3.05. The molecule has 4 heterocycles. The lowest BCUT2D eigenvalue weighted by Crippen LogP contribution is -2.45. The average molecular weight is 380 g/mol. The van der Waals surface area contributed by atoms with E-state index in [2.05, 4.69) is 0 Å². The van der Waals surface area contributed by atoms with Gasteiger partial charge in [0.1, 0.15) is 6.61 Å². The lowest BCUT2D eigenvalue weighted by Gasteiger charge is -2.31. The van der Waals surface area contributed by atoms with Crippen LogP contribution in [0.25, 0.3) is 22.3 Å². The Kier molecular flexibility index (Phi) is 3.49. The molecule has 1 N–H and O–H groups in total. The number of aliphatic hydroxyl groups is 1. The van der Waals surface area contributed by atoms with Crippen LogP contribution in [0.1, 0.15) is 28.7 Å². The molecule has 6 nitrogen and oxygen atoms in total. The van der Waals surface area contributed by atoms with Crippen LogP contribution < -0.4 is 5.56 Å². The summed E-state index contributed by atoms with van der Waals surface area (Å²) >= 11 is 0. The van der Waals surface area contributed by atoms with E-state index in [-0.39, 0.29) is 23.3 Å². The first-order valence-corrected chi connectivity index (χ1v) is 9.07. The molecule has 0 aliphatic carbocycles. The van der Waals surface area contributed by atoms with Crippen LogP contribution in [0, 0.1) is 6.92 Å². The van der Waals surface area contributed by atoms with Crippen molar-refractivity contribution < 1.29 is 19.0 Å². The molecule has 28 heavy (non-hydrogen) atoms. The first-order chi connectivity index (χ1) is 13.5. The summed E-state index contributed by atoms with van der Waals surface area (Å²) in [5.41, 5.74) is 1.75. The zero-order valence-corrected chi connectivity index (χ0v) is 15.2. The maximum Gasteiger partial charge on any atom is 0.343 e. The van der Waals surface area contributed by atoms with Crippen molar-refractivity contribution in [1.82, 2.24) is 9.55 Å². The third-order valence-electron chi connectivity index (χ3n) is 5.83. The first-order valence-electron chi connectivity index (χ1n) is 9.07. The number of rotatable bonds is 2. The normalized spacial score (nSPS) is 19.9. The highest BCUT2D eigenvalue weighted by Crippen LogP contribution is 2.39. The molecule has 0 fully saturated rings. The van der Waals surface area contributed by atoms with E-state index in [1.54, 1.807) is 10.6 Å². The first kappa shape index (κ1) is 17.1. The highest BCUT2D eigenvalue weighted by Gasteiger charge is 2.46. The number of fused-ring (bicyclic) bond motifs is 5. The Morgan fingerprint density at radius 2 is 2.07 bits per heavy atom. The monoisotopic (exact) mass is 380 g/mol. The molecule has 0 spiro atoms. The number of cyclic esters (lactones) is 1. The molecule has 1 atom stereocenters. The number of hydrogen-bond donors (Lipinski definition) is 1. The number of hydrogen-bond acceptors (Lipinski definition) is 5. The number of para-hydroxylation sites is 1. The predicted octanol–water partition coefficient (Wildman–Crippen LogP) is 2.34. The van der Waals surface area contributed by atoms with Crippen molar-refractivity contribution >= 4 is 16.9 Å². The maximum atomic E-state index is 13.1. The second-order valence-corrected chi connectivity index (χ2v) is 7.27. The van der Waals surface area contributed by atoms with Gasteiger partial charge in [-0.25, -0.2) is 9.78 Å². The molecule has 0 bridgehead atoms. The van der Waals surface area contributed by atoms with E-state index < -0.39 is 24.7 Å². The number of aromatic nitrogens is 2. The van der Waals surface area contributed by atoms with Gasteiger partial charge in [-0.15, -0.1) is 0 Å². The van der Waals surface area contributed by atoms with E-state index in [1.807, 2.05) is 31.2 Å². The van der Waals surface area contributed by atoms with Gasteiger partial charge in [0.25, 0.3) is 5.56 Å². The lowest BCUT2D eigenvalue weighted by atomic mass is 9.85. The van der Waals surface area contributed by atoms with Gasteiger partial charge in [0.05, 0.1) is 35.7 Å². The number of carbonyl (C=O) groups is 1. The minimum absolute atomic E-state index is 0.123. The molecule has 2 aliphatic rings. The molecule has 0 saturated heterocycles. The molecular formula is C21H17FN2O4. The fourth-order valence-electron chi connectivity index (χ4n) is 4.27. The van der Waals surface area contributed by atoms with Crippen LogP contribution >= 0.6 is 0 Å². The zero-order valence-electron chi connectivity index (χ0n) is 15.2. The van der Waals surface area contributed by atoms with Gasteiger partial charge in [-0.05, 0) is 24.6 Å². The van der Waals surface area contributed by atoms with Crippen molar-refractivity contribution in [2.45, 2.75) is 32.1 Å². The summed E-state index contributed by atoms with van der Waals surface area (Å²) in [5.74, 6) is -0.928. The summed E-state index contributed by atoms with van der Waals surface area (Å²) < 4.78 is 19.6. The number of esters is 1. The molecule has 1 aromatic carbocycles. The Bertz CT molecular complexity index is 1230. The topological polar surface area (TPSA) is 81.4 Å². The number of aryl methyl sites for hydroxylation is 1. The highest BCUT2D eigenvalue weighted by atomic mass is 19.1. The van der Waals surface area contributed by atoms with E-state index in [9.17, 15) is 19.1 Å². The number of alkyl halides is 1. The smallest absolute Gasteiger partial charge is 0.343 e. The molecular weight excluding hydrogens is 363 g/mol. The van der Waals surface area contributed by atoms with Gasteiger partial charge in [-0.3, -0.25) is 9.18 Å².